The molecule has 0 saturated carbocycles. The van der Waals surface area contributed by atoms with E-state index in [2.05, 4.69) is 5.32 Å². The average Bonchev–Trinajstić information content (AvgIpc) is 2.32. The normalized spacial score (nSPS) is 12.4. The molecule has 0 aliphatic rings. The Morgan fingerprint density at radius 3 is 1.71 bits per heavy atom. The number of unbranched alkanes of at least 4 members (excludes halogenated alkanes) is 6. The van der Waals surface area contributed by atoms with Crippen LogP contribution in [0.15, 0.2) is 0 Å². The molecular weight excluding hydrogens is 320 g/mol. The van der Waals surface area contributed by atoms with Gasteiger partial charge in [-0.2, -0.15) is 0 Å². The summed E-state index contributed by atoms with van der Waals surface area (Å²) in [7, 11) is -8.04. The summed E-state index contributed by atoms with van der Waals surface area (Å²) in [6.45, 7) is 0. The van der Waals surface area contributed by atoms with Crippen molar-refractivity contribution in [2.75, 3.05) is 12.4 Å². The van der Waals surface area contributed by atoms with E-state index >= 15 is 0 Å². The Labute approximate surface area is 124 Å². The maximum atomic E-state index is 11.2. The van der Waals surface area contributed by atoms with E-state index in [1.54, 1.807) is 0 Å². The molecule has 0 aromatic carbocycles. The van der Waals surface area contributed by atoms with Crippen molar-refractivity contribution >= 4 is 21.1 Å². The zero-order valence-corrected chi connectivity index (χ0v) is 13.8. The van der Waals surface area contributed by atoms with E-state index in [0.29, 0.717) is 12.8 Å². The number of nitrogens with one attached hydrogen (secondary N) is 1. The summed E-state index contributed by atoms with van der Waals surface area (Å²) < 4.78 is 21.1. The second kappa shape index (κ2) is 10.5. The molecule has 0 saturated heterocycles. The summed E-state index contributed by atoms with van der Waals surface area (Å²) >= 11 is 0. The van der Waals surface area contributed by atoms with Crippen LogP contribution in [-0.4, -0.2) is 37.9 Å². The van der Waals surface area contributed by atoms with Crippen molar-refractivity contribution in [1.82, 2.24) is 5.32 Å². The Bertz CT molecular complexity index is 390. The van der Waals surface area contributed by atoms with E-state index in [4.69, 9.17) is 19.6 Å². The Hall–Kier alpha value is -0.230. The first-order chi connectivity index (χ1) is 9.60. The smallest absolute Gasteiger partial charge is 0.344 e. The number of hydrogen-bond donors (Lipinski definition) is 5. The van der Waals surface area contributed by atoms with Crippen LogP contribution in [0.1, 0.15) is 51.4 Å². The lowest BCUT2D eigenvalue weighted by Crippen LogP contribution is -2.23. The average molecular weight is 345 g/mol. The first-order valence-electron chi connectivity index (χ1n) is 6.96. The van der Waals surface area contributed by atoms with Crippen molar-refractivity contribution in [3.63, 3.8) is 0 Å². The maximum absolute atomic E-state index is 11.2. The summed E-state index contributed by atoms with van der Waals surface area (Å²) in [6, 6.07) is 0. The molecule has 21 heavy (non-hydrogen) atoms. The monoisotopic (exact) mass is 345 g/mol. The highest BCUT2D eigenvalue weighted by molar-refractivity contribution is 7.51. The molecule has 0 fully saturated rings. The van der Waals surface area contributed by atoms with Gasteiger partial charge in [0.15, 0.2) is 0 Å². The molecule has 0 atom stereocenters. The van der Waals surface area contributed by atoms with E-state index in [0.717, 1.165) is 32.1 Å². The van der Waals surface area contributed by atoms with Gasteiger partial charge in [0.05, 0.1) is 0 Å². The van der Waals surface area contributed by atoms with Crippen LogP contribution in [0.3, 0.4) is 0 Å². The van der Waals surface area contributed by atoms with Crippen LogP contribution in [0.2, 0.25) is 0 Å². The molecule has 1 amide bonds. The SMILES string of the molecule is O=C(CCCCCCCCCP(=O)(O)O)NCP(=O)(O)O. The summed E-state index contributed by atoms with van der Waals surface area (Å²) in [6.07, 6.45) is 5.17. The van der Waals surface area contributed by atoms with Gasteiger partial charge in [-0.15, -0.1) is 0 Å². The molecule has 126 valence electrons. The fourth-order valence-corrected chi connectivity index (χ4v) is 2.78. The van der Waals surface area contributed by atoms with Gasteiger partial charge in [-0.05, 0) is 12.8 Å². The van der Waals surface area contributed by atoms with Crippen LogP contribution >= 0.6 is 15.2 Å². The van der Waals surface area contributed by atoms with Gasteiger partial charge in [-0.25, -0.2) is 0 Å². The van der Waals surface area contributed by atoms with Crippen LogP contribution in [0.4, 0.5) is 0 Å². The van der Waals surface area contributed by atoms with Gasteiger partial charge in [-0.3, -0.25) is 13.9 Å². The van der Waals surface area contributed by atoms with E-state index in [1.165, 1.54) is 0 Å². The fourth-order valence-electron chi connectivity index (χ4n) is 1.77. The minimum atomic E-state index is -4.18. The summed E-state index contributed by atoms with van der Waals surface area (Å²) in [5.74, 6) is -0.361. The van der Waals surface area contributed by atoms with E-state index < -0.39 is 21.5 Å². The second-order valence-corrected chi connectivity index (χ2v) is 8.46. The van der Waals surface area contributed by atoms with Crippen molar-refractivity contribution in [2.45, 2.75) is 51.4 Å². The van der Waals surface area contributed by atoms with Gasteiger partial charge in [0.25, 0.3) is 0 Å². The van der Waals surface area contributed by atoms with Crippen molar-refractivity contribution in [3.8, 4) is 0 Å². The molecule has 0 heterocycles. The van der Waals surface area contributed by atoms with Crippen LogP contribution in [-0.2, 0) is 13.9 Å². The van der Waals surface area contributed by atoms with E-state index in [-0.39, 0.29) is 18.5 Å². The van der Waals surface area contributed by atoms with Gasteiger partial charge >= 0.3 is 15.2 Å². The molecule has 5 N–H and O–H groups in total. The Morgan fingerprint density at radius 2 is 1.24 bits per heavy atom. The summed E-state index contributed by atoms with van der Waals surface area (Å²) in [5, 5.41) is 2.18. The lowest BCUT2D eigenvalue weighted by molar-refractivity contribution is -0.120. The molecule has 0 aliphatic carbocycles. The summed E-state index contributed by atoms with van der Waals surface area (Å²) in [5.41, 5.74) is 0. The standard InChI is InChI=1S/C11H25NO7P2/c13-11(12-10-21(17,18)19)8-6-4-2-1-3-5-7-9-20(14,15)16/h1-10H2,(H,12,13)(H2,14,15,16)(H2,17,18,19). The largest absolute Gasteiger partial charge is 0.344 e. The number of hydrogen-bond acceptors (Lipinski definition) is 3. The third-order valence-electron chi connectivity index (χ3n) is 2.84. The quantitative estimate of drug-likeness (QED) is 0.266. The number of amides is 1. The minimum Gasteiger partial charge on any atom is -0.344 e. The molecule has 0 rings (SSSR count). The molecule has 0 aromatic rings. The molecule has 10 heteroatoms. The molecule has 0 aromatic heterocycles. The second-order valence-electron chi connectivity index (χ2n) is 5.04. The summed E-state index contributed by atoms with van der Waals surface area (Å²) in [4.78, 5) is 45.7. The maximum Gasteiger partial charge on any atom is 0.344 e. The zero-order valence-electron chi connectivity index (χ0n) is 12.0. The lowest BCUT2D eigenvalue weighted by Gasteiger charge is -2.06. The molecule has 0 unspecified atom stereocenters. The lowest BCUT2D eigenvalue weighted by atomic mass is 10.1. The minimum absolute atomic E-state index is 0.0628. The first kappa shape index (κ1) is 20.8. The van der Waals surface area contributed by atoms with Crippen LogP contribution in [0.25, 0.3) is 0 Å². The highest BCUT2D eigenvalue weighted by Gasteiger charge is 2.14. The van der Waals surface area contributed by atoms with Crippen molar-refractivity contribution in [2.24, 2.45) is 0 Å². The van der Waals surface area contributed by atoms with Crippen molar-refractivity contribution in [1.29, 1.82) is 0 Å². The van der Waals surface area contributed by atoms with Gasteiger partial charge in [0, 0.05) is 12.6 Å². The van der Waals surface area contributed by atoms with Crippen LogP contribution in [0.5, 0.6) is 0 Å². The Kier molecular flexibility index (Phi) is 10.4. The Morgan fingerprint density at radius 1 is 0.762 bits per heavy atom. The highest BCUT2D eigenvalue weighted by Crippen LogP contribution is 2.35. The van der Waals surface area contributed by atoms with Gasteiger partial charge < -0.3 is 24.9 Å². The molecule has 8 nitrogen and oxygen atoms in total. The predicted octanol–water partition coefficient (Wildman–Crippen LogP) is 1.54. The zero-order chi connectivity index (χ0) is 16.4. The van der Waals surface area contributed by atoms with Crippen LogP contribution < -0.4 is 5.32 Å². The fraction of sp³-hybridized carbons (Fsp3) is 0.909. The number of carbonyl (C=O) groups excluding carboxylic acids is 1. The predicted molar refractivity (Wildman–Crippen MR) is 78.9 cm³/mol. The molecule has 0 bridgehead atoms. The van der Waals surface area contributed by atoms with Gasteiger partial charge in [0.2, 0.25) is 5.91 Å². The highest BCUT2D eigenvalue weighted by atomic mass is 31.2. The van der Waals surface area contributed by atoms with E-state index in [9.17, 15) is 13.9 Å². The first-order valence-corrected chi connectivity index (χ1v) is 10.6. The third-order valence-corrected chi connectivity index (χ3v) is 4.30. The van der Waals surface area contributed by atoms with Crippen molar-refractivity contribution < 1.29 is 33.5 Å². The number of rotatable bonds is 12. The third kappa shape index (κ3) is 17.7. The topological polar surface area (TPSA) is 144 Å². The van der Waals surface area contributed by atoms with Crippen LogP contribution in [0, 0.1) is 0 Å². The molecule has 0 spiro atoms. The van der Waals surface area contributed by atoms with Crippen molar-refractivity contribution in [3.05, 3.63) is 0 Å². The van der Waals surface area contributed by atoms with Gasteiger partial charge in [0.1, 0.15) is 6.29 Å². The molecular formula is C11H25NO7P2. The Balaban J connectivity index is 3.35. The van der Waals surface area contributed by atoms with Gasteiger partial charge in [-0.1, -0.05) is 32.1 Å². The van der Waals surface area contributed by atoms with E-state index in [1.807, 2.05) is 0 Å². The molecule has 0 radical (unpaired) electrons. The molecule has 0 aliphatic heterocycles. The number of carbonyl (C=O) groups is 1.